The second-order valence-electron chi connectivity index (χ2n) is 5.72. The smallest absolute Gasteiger partial charge is 0.227 e. The van der Waals surface area contributed by atoms with E-state index in [0.717, 1.165) is 17.1 Å². The van der Waals surface area contributed by atoms with Gasteiger partial charge in [0.15, 0.2) is 11.5 Å². The van der Waals surface area contributed by atoms with Crippen LogP contribution in [-0.2, 0) is 4.79 Å². The second kappa shape index (κ2) is 6.35. The van der Waals surface area contributed by atoms with Gasteiger partial charge in [0.1, 0.15) is 13.2 Å². The highest BCUT2D eigenvalue weighted by atomic mass is 16.6. The average molecular weight is 292 g/mol. The quantitative estimate of drug-likeness (QED) is 0.870. The van der Waals surface area contributed by atoms with E-state index in [1.54, 1.807) is 0 Å². The minimum Gasteiger partial charge on any atom is -0.486 e. The van der Waals surface area contributed by atoms with Crippen molar-refractivity contribution in [2.75, 3.05) is 19.8 Å². The lowest BCUT2D eigenvalue weighted by molar-refractivity contribution is -0.130. The Morgan fingerprint density at radius 3 is 2.67 bits per heavy atom. The van der Waals surface area contributed by atoms with Gasteiger partial charge in [-0.25, -0.2) is 0 Å². The van der Waals surface area contributed by atoms with E-state index in [1.807, 2.05) is 39.0 Å². The molecule has 3 N–H and O–H groups in total. The summed E-state index contributed by atoms with van der Waals surface area (Å²) in [5, 5.41) is 3.03. The molecular formula is C16H24N2O3. The van der Waals surface area contributed by atoms with Crippen molar-refractivity contribution in [3.05, 3.63) is 23.8 Å². The molecule has 1 aliphatic rings. The maximum atomic E-state index is 12.4. The molecule has 0 aliphatic carbocycles. The molecule has 1 heterocycles. The molecule has 2 unspecified atom stereocenters. The highest BCUT2D eigenvalue weighted by Crippen LogP contribution is 2.33. The van der Waals surface area contributed by atoms with E-state index in [4.69, 9.17) is 15.2 Å². The van der Waals surface area contributed by atoms with Crippen LogP contribution < -0.4 is 20.5 Å². The maximum absolute atomic E-state index is 12.4. The lowest BCUT2D eigenvalue weighted by atomic mass is 9.86. The summed E-state index contributed by atoms with van der Waals surface area (Å²) < 4.78 is 11.1. The van der Waals surface area contributed by atoms with Crippen LogP contribution in [0, 0.1) is 5.41 Å². The number of hydrogen-bond acceptors (Lipinski definition) is 4. The molecule has 0 radical (unpaired) electrons. The van der Waals surface area contributed by atoms with Gasteiger partial charge >= 0.3 is 0 Å². The van der Waals surface area contributed by atoms with Gasteiger partial charge in [-0.05, 0) is 38.0 Å². The van der Waals surface area contributed by atoms with Crippen LogP contribution in [0.25, 0.3) is 0 Å². The fraction of sp³-hybridized carbons (Fsp3) is 0.562. The van der Waals surface area contributed by atoms with Crippen molar-refractivity contribution in [3.63, 3.8) is 0 Å². The van der Waals surface area contributed by atoms with Crippen molar-refractivity contribution in [2.24, 2.45) is 11.1 Å². The summed E-state index contributed by atoms with van der Waals surface area (Å²) in [6.45, 7) is 7.28. The van der Waals surface area contributed by atoms with Gasteiger partial charge in [0, 0.05) is 6.54 Å². The summed E-state index contributed by atoms with van der Waals surface area (Å²) in [6.07, 6.45) is 0.712. The number of carbonyl (C=O) groups is 1. The molecule has 21 heavy (non-hydrogen) atoms. The molecule has 0 aromatic heterocycles. The molecule has 1 aromatic carbocycles. The number of nitrogens with two attached hydrogens (primary N) is 1. The number of rotatable bonds is 5. The first-order valence-electron chi connectivity index (χ1n) is 7.40. The summed E-state index contributed by atoms with van der Waals surface area (Å²) in [7, 11) is 0. The number of fused-ring (bicyclic) bond motifs is 1. The Balaban J connectivity index is 2.10. The van der Waals surface area contributed by atoms with Gasteiger partial charge in [-0.15, -0.1) is 0 Å². The van der Waals surface area contributed by atoms with Crippen LogP contribution in [0.4, 0.5) is 0 Å². The molecule has 0 spiro atoms. The standard InChI is InChI=1S/C16H24N2O3/c1-4-16(3,10-17)15(19)18-11(2)12-5-6-13-14(9-12)21-8-7-20-13/h5-6,9,11H,4,7-8,10,17H2,1-3H3,(H,18,19). The first-order valence-corrected chi connectivity index (χ1v) is 7.40. The minimum absolute atomic E-state index is 0.0186. The lowest BCUT2D eigenvalue weighted by Gasteiger charge is -2.28. The predicted molar refractivity (Wildman–Crippen MR) is 81.4 cm³/mol. The summed E-state index contributed by atoms with van der Waals surface area (Å²) >= 11 is 0. The fourth-order valence-corrected chi connectivity index (χ4v) is 2.18. The first-order chi connectivity index (χ1) is 10.00. The van der Waals surface area contributed by atoms with Crippen molar-refractivity contribution in [3.8, 4) is 11.5 Å². The third kappa shape index (κ3) is 3.29. The summed E-state index contributed by atoms with van der Waals surface area (Å²) in [5.74, 6) is 1.47. The number of carbonyl (C=O) groups excluding carboxylic acids is 1. The molecular weight excluding hydrogens is 268 g/mol. The molecule has 5 nitrogen and oxygen atoms in total. The van der Waals surface area contributed by atoms with Crippen molar-refractivity contribution in [1.29, 1.82) is 0 Å². The van der Waals surface area contributed by atoms with Gasteiger partial charge < -0.3 is 20.5 Å². The Labute approximate surface area is 125 Å². The monoisotopic (exact) mass is 292 g/mol. The number of benzene rings is 1. The summed E-state index contributed by atoms with van der Waals surface area (Å²) in [5.41, 5.74) is 6.19. The molecule has 1 aromatic rings. The molecule has 2 rings (SSSR count). The van der Waals surface area contributed by atoms with E-state index in [0.29, 0.717) is 26.2 Å². The molecule has 116 valence electrons. The highest BCUT2D eigenvalue weighted by Gasteiger charge is 2.30. The van der Waals surface area contributed by atoms with Gasteiger partial charge in [-0.1, -0.05) is 13.0 Å². The Bertz CT molecular complexity index is 512. The van der Waals surface area contributed by atoms with Gasteiger partial charge in [0.2, 0.25) is 5.91 Å². The summed E-state index contributed by atoms with van der Waals surface area (Å²) in [4.78, 5) is 12.4. The fourth-order valence-electron chi connectivity index (χ4n) is 2.18. The zero-order valence-electron chi connectivity index (χ0n) is 12.9. The topological polar surface area (TPSA) is 73.6 Å². The maximum Gasteiger partial charge on any atom is 0.227 e. The van der Waals surface area contributed by atoms with E-state index >= 15 is 0 Å². The zero-order valence-corrected chi connectivity index (χ0v) is 12.9. The molecule has 1 amide bonds. The van der Waals surface area contributed by atoms with Crippen molar-refractivity contribution < 1.29 is 14.3 Å². The number of nitrogens with one attached hydrogen (secondary N) is 1. The molecule has 0 bridgehead atoms. The van der Waals surface area contributed by atoms with Crippen LogP contribution in [0.3, 0.4) is 0 Å². The largest absolute Gasteiger partial charge is 0.486 e. The van der Waals surface area contributed by atoms with Crippen LogP contribution in [0.5, 0.6) is 11.5 Å². The van der Waals surface area contributed by atoms with Gasteiger partial charge in [0.05, 0.1) is 11.5 Å². The van der Waals surface area contributed by atoms with Crippen LogP contribution >= 0.6 is 0 Å². The minimum atomic E-state index is -0.526. The number of hydrogen-bond donors (Lipinski definition) is 2. The third-order valence-corrected chi connectivity index (χ3v) is 4.19. The zero-order chi connectivity index (χ0) is 15.5. The van der Waals surface area contributed by atoms with E-state index in [-0.39, 0.29) is 11.9 Å². The first kappa shape index (κ1) is 15.6. The van der Waals surface area contributed by atoms with Gasteiger partial charge in [-0.3, -0.25) is 4.79 Å². The number of amides is 1. The third-order valence-electron chi connectivity index (χ3n) is 4.19. The van der Waals surface area contributed by atoms with Gasteiger partial charge in [-0.2, -0.15) is 0 Å². The van der Waals surface area contributed by atoms with Crippen LogP contribution in [-0.4, -0.2) is 25.7 Å². The Hall–Kier alpha value is -1.75. The molecule has 5 heteroatoms. The van der Waals surface area contributed by atoms with E-state index in [2.05, 4.69) is 5.32 Å². The molecule has 0 fully saturated rings. The van der Waals surface area contributed by atoms with E-state index in [9.17, 15) is 4.79 Å². The van der Waals surface area contributed by atoms with E-state index < -0.39 is 5.41 Å². The molecule has 0 saturated carbocycles. The Kier molecular flexibility index (Phi) is 4.73. The second-order valence-corrected chi connectivity index (χ2v) is 5.72. The van der Waals surface area contributed by atoms with Crippen LogP contribution in [0.1, 0.15) is 38.8 Å². The Morgan fingerprint density at radius 2 is 2.05 bits per heavy atom. The summed E-state index contributed by atoms with van der Waals surface area (Å²) in [6, 6.07) is 5.65. The SMILES string of the molecule is CCC(C)(CN)C(=O)NC(C)c1ccc2c(c1)OCCO2. The molecule has 0 saturated heterocycles. The van der Waals surface area contributed by atoms with Crippen molar-refractivity contribution in [2.45, 2.75) is 33.2 Å². The predicted octanol–water partition coefficient (Wildman–Crippen LogP) is 2.01. The van der Waals surface area contributed by atoms with Crippen LogP contribution in [0.2, 0.25) is 0 Å². The Morgan fingerprint density at radius 1 is 1.38 bits per heavy atom. The average Bonchev–Trinajstić information content (AvgIpc) is 2.53. The van der Waals surface area contributed by atoms with E-state index in [1.165, 1.54) is 0 Å². The van der Waals surface area contributed by atoms with Crippen LogP contribution in [0.15, 0.2) is 18.2 Å². The number of ether oxygens (including phenoxy) is 2. The highest BCUT2D eigenvalue weighted by molar-refractivity contribution is 5.82. The normalized spacial score (nSPS) is 17.7. The lowest BCUT2D eigenvalue weighted by Crippen LogP contribution is -2.44. The van der Waals surface area contributed by atoms with Crippen molar-refractivity contribution in [1.82, 2.24) is 5.32 Å². The van der Waals surface area contributed by atoms with Crippen molar-refractivity contribution >= 4 is 5.91 Å². The van der Waals surface area contributed by atoms with Gasteiger partial charge in [0.25, 0.3) is 0 Å². The molecule has 1 aliphatic heterocycles. The molecule has 2 atom stereocenters.